The summed E-state index contributed by atoms with van der Waals surface area (Å²) in [6.07, 6.45) is 2.05. The SMILES string of the molecule is CCNC(=NCCCCOC)NN. The van der Waals surface area contributed by atoms with Crippen molar-refractivity contribution in [3.8, 4) is 0 Å². The van der Waals surface area contributed by atoms with Crippen LogP contribution >= 0.6 is 0 Å². The summed E-state index contributed by atoms with van der Waals surface area (Å²) >= 11 is 0. The third-order valence-corrected chi connectivity index (χ3v) is 1.51. The van der Waals surface area contributed by atoms with E-state index >= 15 is 0 Å². The van der Waals surface area contributed by atoms with Gasteiger partial charge in [0.25, 0.3) is 0 Å². The molecule has 0 radical (unpaired) electrons. The zero-order chi connectivity index (χ0) is 9.94. The molecule has 0 aliphatic heterocycles. The molecule has 0 amide bonds. The van der Waals surface area contributed by atoms with Crippen LogP contribution in [0.5, 0.6) is 0 Å². The van der Waals surface area contributed by atoms with E-state index in [0.29, 0.717) is 5.96 Å². The van der Waals surface area contributed by atoms with Crippen LogP contribution in [0, 0.1) is 0 Å². The molecule has 0 spiro atoms. The number of rotatable bonds is 6. The summed E-state index contributed by atoms with van der Waals surface area (Å²) in [5.74, 6) is 5.88. The molecule has 0 unspecified atom stereocenters. The highest BCUT2D eigenvalue weighted by Crippen LogP contribution is 1.89. The largest absolute Gasteiger partial charge is 0.385 e. The van der Waals surface area contributed by atoms with Crippen molar-refractivity contribution < 1.29 is 4.74 Å². The summed E-state index contributed by atoms with van der Waals surface area (Å²) in [4.78, 5) is 4.22. The molecule has 13 heavy (non-hydrogen) atoms. The number of hydrogen-bond donors (Lipinski definition) is 3. The zero-order valence-corrected chi connectivity index (χ0v) is 8.47. The van der Waals surface area contributed by atoms with Crippen LogP contribution < -0.4 is 16.6 Å². The molecule has 0 atom stereocenters. The summed E-state index contributed by atoms with van der Waals surface area (Å²) in [6, 6.07) is 0. The molecular formula is C8H20N4O. The first kappa shape index (κ1) is 12.2. The van der Waals surface area contributed by atoms with Crippen LogP contribution in [0.3, 0.4) is 0 Å². The molecule has 0 aliphatic rings. The predicted molar refractivity (Wildman–Crippen MR) is 54.4 cm³/mol. The van der Waals surface area contributed by atoms with Crippen molar-refractivity contribution in [2.24, 2.45) is 10.8 Å². The highest BCUT2D eigenvalue weighted by molar-refractivity contribution is 5.78. The van der Waals surface area contributed by atoms with E-state index in [1.807, 2.05) is 6.92 Å². The first-order valence-electron chi connectivity index (χ1n) is 4.59. The van der Waals surface area contributed by atoms with Gasteiger partial charge >= 0.3 is 0 Å². The molecule has 0 saturated heterocycles. The van der Waals surface area contributed by atoms with Crippen LogP contribution in [0.25, 0.3) is 0 Å². The molecule has 5 heteroatoms. The van der Waals surface area contributed by atoms with E-state index in [-0.39, 0.29) is 0 Å². The van der Waals surface area contributed by atoms with E-state index in [2.05, 4.69) is 15.7 Å². The first-order valence-corrected chi connectivity index (χ1v) is 4.59. The van der Waals surface area contributed by atoms with Gasteiger partial charge in [0.2, 0.25) is 5.96 Å². The summed E-state index contributed by atoms with van der Waals surface area (Å²) in [7, 11) is 1.70. The number of hydrazine groups is 1. The normalized spacial score (nSPS) is 11.5. The lowest BCUT2D eigenvalue weighted by Gasteiger charge is -2.05. The predicted octanol–water partition coefficient (Wildman–Crippen LogP) is -0.158. The fourth-order valence-electron chi connectivity index (χ4n) is 0.869. The van der Waals surface area contributed by atoms with Gasteiger partial charge in [-0.05, 0) is 19.8 Å². The van der Waals surface area contributed by atoms with E-state index in [4.69, 9.17) is 10.6 Å². The molecule has 0 aliphatic carbocycles. The number of ether oxygens (including phenoxy) is 1. The summed E-state index contributed by atoms with van der Waals surface area (Å²) < 4.78 is 4.92. The van der Waals surface area contributed by atoms with Gasteiger partial charge in [0, 0.05) is 26.8 Å². The Morgan fingerprint density at radius 1 is 1.46 bits per heavy atom. The van der Waals surface area contributed by atoms with Crippen LogP contribution in [-0.4, -0.2) is 32.8 Å². The number of methoxy groups -OCH3 is 1. The van der Waals surface area contributed by atoms with Gasteiger partial charge in [-0.3, -0.25) is 10.4 Å². The topological polar surface area (TPSA) is 71.7 Å². The van der Waals surface area contributed by atoms with Crippen molar-refractivity contribution in [1.82, 2.24) is 10.7 Å². The molecule has 0 saturated carbocycles. The second-order valence-electron chi connectivity index (χ2n) is 2.60. The van der Waals surface area contributed by atoms with E-state index < -0.39 is 0 Å². The molecule has 5 nitrogen and oxygen atoms in total. The highest BCUT2D eigenvalue weighted by Gasteiger charge is 1.91. The average molecular weight is 188 g/mol. The number of guanidine groups is 1. The Hall–Kier alpha value is -0.810. The van der Waals surface area contributed by atoms with E-state index in [1.165, 1.54) is 0 Å². The fourth-order valence-corrected chi connectivity index (χ4v) is 0.869. The van der Waals surface area contributed by atoms with Gasteiger partial charge in [0.05, 0.1) is 0 Å². The van der Waals surface area contributed by atoms with E-state index in [0.717, 1.165) is 32.5 Å². The number of aliphatic imine (C=N–C) groups is 1. The Balaban J connectivity index is 3.42. The molecule has 4 N–H and O–H groups in total. The minimum atomic E-state index is 0.653. The van der Waals surface area contributed by atoms with E-state index in [9.17, 15) is 0 Å². The maximum absolute atomic E-state index is 5.23. The van der Waals surface area contributed by atoms with Crippen LogP contribution in [-0.2, 0) is 4.74 Å². The quantitative estimate of drug-likeness (QED) is 0.178. The molecule has 0 aromatic carbocycles. The molecule has 0 aromatic rings. The summed E-state index contributed by atoms with van der Waals surface area (Å²) in [6.45, 7) is 4.39. The van der Waals surface area contributed by atoms with Crippen molar-refractivity contribution in [1.29, 1.82) is 0 Å². The average Bonchev–Trinajstić information content (AvgIpc) is 2.16. The van der Waals surface area contributed by atoms with Gasteiger partial charge in [-0.15, -0.1) is 0 Å². The second kappa shape index (κ2) is 9.28. The first-order chi connectivity index (χ1) is 6.35. The fraction of sp³-hybridized carbons (Fsp3) is 0.875. The lowest BCUT2D eigenvalue weighted by atomic mass is 10.3. The molecule has 0 bridgehead atoms. The van der Waals surface area contributed by atoms with Crippen molar-refractivity contribution in [2.75, 3.05) is 26.8 Å². The maximum Gasteiger partial charge on any atom is 0.205 e. The standard InChI is InChI=1S/C8H20N4O/c1-3-10-8(12-9)11-6-4-5-7-13-2/h3-7,9H2,1-2H3,(H2,10,11,12). The molecule has 0 heterocycles. The van der Waals surface area contributed by atoms with Gasteiger partial charge in [-0.25, -0.2) is 5.84 Å². The van der Waals surface area contributed by atoms with Crippen molar-refractivity contribution in [3.05, 3.63) is 0 Å². The van der Waals surface area contributed by atoms with Crippen LogP contribution in [0.1, 0.15) is 19.8 Å². The third kappa shape index (κ3) is 7.55. The molecule has 78 valence electrons. The Bertz CT molecular complexity index is 138. The number of nitrogens with zero attached hydrogens (tertiary/aromatic N) is 1. The smallest absolute Gasteiger partial charge is 0.205 e. The highest BCUT2D eigenvalue weighted by atomic mass is 16.5. The van der Waals surface area contributed by atoms with Crippen molar-refractivity contribution in [3.63, 3.8) is 0 Å². The molecule has 0 fully saturated rings. The number of unbranched alkanes of at least 4 members (excludes halogenated alkanes) is 1. The zero-order valence-electron chi connectivity index (χ0n) is 8.47. The maximum atomic E-state index is 5.23. The summed E-state index contributed by atoms with van der Waals surface area (Å²) in [5, 5.41) is 3.01. The monoisotopic (exact) mass is 188 g/mol. The summed E-state index contributed by atoms with van der Waals surface area (Å²) in [5.41, 5.74) is 2.50. The Morgan fingerprint density at radius 3 is 2.77 bits per heavy atom. The van der Waals surface area contributed by atoms with Crippen LogP contribution in [0.15, 0.2) is 4.99 Å². The Morgan fingerprint density at radius 2 is 2.23 bits per heavy atom. The molecule has 0 aromatic heterocycles. The van der Waals surface area contributed by atoms with Crippen LogP contribution in [0.4, 0.5) is 0 Å². The van der Waals surface area contributed by atoms with Crippen molar-refractivity contribution in [2.45, 2.75) is 19.8 Å². The Kier molecular flexibility index (Phi) is 8.70. The minimum Gasteiger partial charge on any atom is -0.385 e. The van der Waals surface area contributed by atoms with E-state index in [1.54, 1.807) is 7.11 Å². The number of nitrogens with one attached hydrogen (secondary N) is 2. The number of nitrogens with two attached hydrogens (primary N) is 1. The minimum absolute atomic E-state index is 0.653. The van der Waals surface area contributed by atoms with Gasteiger partial charge < -0.3 is 10.1 Å². The second-order valence-corrected chi connectivity index (χ2v) is 2.60. The number of hydrogen-bond acceptors (Lipinski definition) is 3. The van der Waals surface area contributed by atoms with Gasteiger partial charge in [0.15, 0.2) is 0 Å². The third-order valence-electron chi connectivity index (χ3n) is 1.51. The van der Waals surface area contributed by atoms with Gasteiger partial charge in [0.1, 0.15) is 0 Å². The Labute approximate surface area is 79.7 Å². The molecule has 0 rings (SSSR count). The molecular weight excluding hydrogens is 168 g/mol. The van der Waals surface area contributed by atoms with Crippen molar-refractivity contribution >= 4 is 5.96 Å². The van der Waals surface area contributed by atoms with Crippen LogP contribution in [0.2, 0.25) is 0 Å². The lowest BCUT2D eigenvalue weighted by Crippen LogP contribution is -2.41. The lowest BCUT2D eigenvalue weighted by molar-refractivity contribution is 0.193. The van der Waals surface area contributed by atoms with Gasteiger partial charge in [-0.1, -0.05) is 0 Å². The van der Waals surface area contributed by atoms with Gasteiger partial charge in [-0.2, -0.15) is 0 Å².